The zero-order valence-electron chi connectivity index (χ0n) is 14.0. The van der Waals surface area contributed by atoms with E-state index in [0.717, 1.165) is 11.3 Å². The lowest BCUT2D eigenvalue weighted by Crippen LogP contribution is -2.36. The highest BCUT2D eigenvalue weighted by Gasteiger charge is 2.21. The first-order chi connectivity index (χ1) is 10.9. The monoisotopic (exact) mass is 368 g/mol. The van der Waals surface area contributed by atoms with Crippen molar-refractivity contribution in [1.29, 1.82) is 0 Å². The predicted molar refractivity (Wildman–Crippen MR) is 101 cm³/mol. The number of nitrogen functional groups attached to an aromatic ring is 1. The van der Waals surface area contributed by atoms with E-state index in [1.165, 1.54) is 0 Å². The minimum atomic E-state index is -0.127. The van der Waals surface area contributed by atoms with Crippen molar-refractivity contribution in [2.75, 3.05) is 19.9 Å². The summed E-state index contributed by atoms with van der Waals surface area (Å²) in [6.45, 7) is 2.00. The summed E-state index contributed by atoms with van der Waals surface area (Å²) in [5.41, 5.74) is 7.73. The molecular weight excluding hydrogens is 347 g/mol. The number of benzene rings is 2. The Morgan fingerprint density at radius 3 is 2.58 bits per heavy atom. The van der Waals surface area contributed by atoms with Crippen LogP contribution in [-0.4, -0.2) is 31.0 Å². The number of hydrogen-bond acceptors (Lipinski definition) is 3. The van der Waals surface area contributed by atoms with Crippen LogP contribution in [-0.2, 0) is 6.42 Å². The first kappa shape index (κ1) is 20.1. The number of para-hydroxylation sites is 1. The van der Waals surface area contributed by atoms with Crippen molar-refractivity contribution in [1.82, 2.24) is 4.90 Å². The number of nitrogens with zero attached hydrogens (tertiary/aromatic N) is 1. The van der Waals surface area contributed by atoms with Crippen LogP contribution in [0.1, 0.15) is 22.8 Å². The maximum absolute atomic E-state index is 12.6. The Bertz CT molecular complexity index is 707. The molecule has 2 aromatic rings. The summed E-state index contributed by atoms with van der Waals surface area (Å²) in [5, 5.41) is 0.367. The first-order valence-electron chi connectivity index (χ1n) is 7.38. The smallest absolute Gasteiger partial charge is 0.255 e. The van der Waals surface area contributed by atoms with Crippen molar-refractivity contribution in [3.05, 3.63) is 58.6 Å². The van der Waals surface area contributed by atoms with Crippen LogP contribution in [0.2, 0.25) is 5.02 Å². The summed E-state index contributed by atoms with van der Waals surface area (Å²) < 4.78 is 5.36. The number of likely N-dealkylation sites (N-methyl/N-ethyl adjacent to an activating group) is 1. The third kappa shape index (κ3) is 4.56. The van der Waals surface area contributed by atoms with Crippen LogP contribution in [0.5, 0.6) is 5.75 Å². The molecule has 130 valence electrons. The molecule has 0 saturated heterocycles. The number of nitrogens with two attached hydrogens (primary N) is 1. The molecule has 1 atom stereocenters. The number of carbonyl (C=O) groups excluding carboxylic acids is 1. The van der Waals surface area contributed by atoms with Gasteiger partial charge in [0.05, 0.1) is 17.7 Å². The quantitative estimate of drug-likeness (QED) is 0.809. The van der Waals surface area contributed by atoms with E-state index < -0.39 is 0 Å². The maximum Gasteiger partial charge on any atom is 0.255 e. The van der Waals surface area contributed by atoms with Crippen molar-refractivity contribution in [2.24, 2.45) is 0 Å². The Hall–Kier alpha value is -1.91. The van der Waals surface area contributed by atoms with Gasteiger partial charge in [0.15, 0.2) is 0 Å². The molecule has 0 radical (unpaired) electrons. The summed E-state index contributed by atoms with van der Waals surface area (Å²) in [7, 11) is 3.42. The van der Waals surface area contributed by atoms with Crippen molar-refractivity contribution >= 4 is 35.6 Å². The lowest BCUT2D eigenvalue weighted by molar-refractivity contribution is 0.0743. The molecule has 2 rings (SSSR count). The number of amides is 1. The topological polar surface area (TPSA) is 55.6 Å². The minimum absolute atomic E-state index is 0. The van der Waals surface area contributed by atoms with Crippen LogP contribution in [0.4, 0.5) is 5.69 Å². The molecule has 1 unspecified atom stereocenters. The molecule has 0 fully saturated rings. The second-order valence-corrected chi connectivity index (χ2v) is 5.93. The average Bonchev–Trinajstić information content (AvgIpc) is 2.54. The zero-order chi connectivity index (χ0) is 17.0. The summed E-state index contributed by atoms with van der Waals surface area (Å²) in [4.78, 5) is 14.3. The van der Waals surface area contributed by atoms with Gasteiger partial charge in [-0.3, -0.25) is 4.79 Å². The van der Waals surface area contributed by atoms with E-state index in [0.29, 0.717) is 22.7 Å². The fourth-order valence-corrected chi connectivity index (χ4v) is 2.69. The molecule has 6 heteroatoms. The third-order valence-corrected chi connectivity index (χ3v) is 4.23. The fraction of sp³-hybridized carbons (Fsp3) is 0.278. The molecule has 0 bridgehead atoms. The Morgan fingerprint density at radius 2 is 1.96 bits per heavy atom. The Labute approximate surface area is 154 Å². The third-order valence-electron chi connectivity index (χ3n) is 3.91. The molecule has 0 aliphatic heterocycles. The van der Waals surface area contributed by atoms with Gasteiger partial charge in [0.25, 0.3) is 5.91 Å². The van der Waals surface area contributed by atoms with Crippen molar-refractivity contribution in [2.45, 2.75) is 19.4 Å². The average molecular weight is 369 g/mol. The van der Waals surface area contributed by atoms with Gasteiger partial charge in [0.1, 0.15) is 5.75 Å². The number of hydrogen-bond donors (Lipinski definition) is 1. The lowest BCUT2D eigenvalue weighted by Gasteiger charge is -2.26. The summed E-state index contributed by atoms with van der Waals surface area (Å²) >= 11 is 6.13. The molecule has 24 heavy (non-hydrogen) atoms. The first-order valence-corrected chi connectivity index (χ1v) is 7.76. The van der Waals surface area contributed by atoms with Crippen LogP contribution in [0.25, 0.3) is 0 Å². The van der Waals surface area contributed by atoms with E-state index in [9.17, 15) is 4.79 Å². The van der Waals surface area contributed by atoms with Gasteiger partial charge in [-0.25, -0.2) is 0 Å². The molecule has 1 amide bonds. The van der Waals surface area contributed by atoms with Crippen LogP contribution >= 0.6 is 24.0 Å². The Balaban J connectivity index is 0.00000288. The normalized spacial score (nSPS) is 11.3. The predicted octanol–water partition coefficient (Wildman–Crippen LogP) is 4.06. The number of carbonyl (C=O) groups is 1. The summed E-state index contributed by atoms with van der Waals surface area (Å²) in [6, 6.07) is 12.7. The molecule has 0 heterocycles. The van der Waals surface area contributed by atoms with Crippen LogP contribution in [0.15, 0.2) is 42.5 Å². The molecule has 0 aliphatic carbocycles. The fourth-order valence-electron chi connectivity index (χ4n) is 2.42. The van der Waals surface area contributed by atoms with Crippen molar-refractivity contribution in [3.63, 3.8) is 0 Å². The Kier molecular flexibility index (Phi) is 7.39. The van der Waals surface area contributed by atoms with E-state index in [1.807, 2.05) is 31.2 Å². The number of anilines is 1. The van der Waals surface area contributed by atoms with E-state index in [4.69, 9.17) is 22.1 Å². The number of halogens is 2. The highest BCUT2D eigenvalue weighted by atomic mass is 35.5. The van der Waals surface area contributed by atoms with Gasteiger partial charge in [-0.15, -0.1) is 12.4 Å². The maximum atomic E-state index is 12.6. The van der Waals surface area contributed by atoms with Crippen LogP contribution < -0.4 is 10.5 Å². The largest absolute Gasteiger partial charge is 0.496 e. The van der Waals surface area contributed by atoms with Gasteiger partial charge < -0.3 is 15.4 Å². The van der Waals surface area contributed by atoms with E-state index in [1.54, 1.807) is 37.3 Å². The molecule has 0 aliphatic rings. The summed E-state index contributed by atoms with van der Waals surface area (Å²) in [5.74, 6) is 0.697. The minimum Gasteiger partial charge on any atom is -0.496 e. The number of ether oxygens (including phenoxy) is 1. The second kappa shape index (κ2) is 8.81. The molecule has 2 aromatic carbocycles. The molecule has 2 N–H and O–H groups in total. The molecule has 4 nitrogen and oxygen atoms in total. The molecular formula is C18H22Cl2N2O2. The standard InChI is InChI=1S/C18H21ClN2O2.ClH/c1-12(10-13-6-4-5-7-17(13)23-3)21(2)18(22)15-9-8-14(20)11-16(15)19;/h4-9,11-12H,10,20H2,1-3H3;1H. The van der Waals surface area contributed by atoms with E-state index in [-0.39, 0.29) is 24.4 Å². The van der Waals surface area contributed by atoms with Gasteiger partial charge in [-0.2, -0.15) is 0 Å². The van der Waals surface area contributed by atoms with E-state index >= 15 is 0 Å². The van der Waals surface area contributed by atoms with Gasteiger partial charge in [0.2, 0.25) is 0 Å². The van der Waals surface area contributed by atoms with Crippen molar-refractivity contribution in [3.8, 4) is 5.75 Å². The summed E-state index contributed by atoms with van der Waals surface area (Å²) in [6.07, 6.45) is 0.693. The zero-order valence-corrected chi connectivity index (χ0v) is 15.5. The van der Waals surface area contributed by atoms with Gasteiger partial charge >= 0.3 is 0 Å². The van der Waals surface area contributed by atoms with Crippen LogP contribution in [0.3, 0.4) is 0 Å². The molecule has 0 aromatic heterocycles. The SMILES string of the molecule is COc1ccccc1CC(C)N(C)C(=O)c1ccc(N)cc1Cl.Cl. The second-order valence-electron chi connectivity index (χ2n) is 5.52. The highest BCUT2D eigenvalue weighted by molar-refractivity contribution is 6.34. The van der Waals surface area contributed by atoms with E-state index in [2.05, 4.69) is 0 Å². The molecule has 0 spiro atoms. The van der Waals surface area contributed by atoms with Crippen molar-refractivity contribution < 1.29 is 9.53 Å². The van der Waals surface area contributed by atoms with Crippen LogP contribution in [0, 0.1) is 0 Å². The number of methoxy groups -OCH3 is 1. The van der Waals surface area contributed by atoms with Gasteiger partial charge in [0, 0.05) is 18.8 Å². The lowest BCUT2D eigenvalue weighted by atomic mass is 10.0. The number of rotatable bonds is 5. The van der Waals surface area contributed by atoms with Gasteiger partial charge in [-0.05, 0) is 43.2 Å². The molecule has 0 saturated carbocycles. The highest BCUT2D eigenvalue weighted by Crippen LogP contribution is 2.23. The Morgan fingerprint density at radius 1 is 1.29 bits per heavy atom. The van der Waals surface area contributed by atoms with Gasteiger partial charge in [-0.1, -0.05) is 29.8 Å².